The van der Waals surface area contributed by atoms with Crippen LogP contribution in [0.3, 0.4) is 0 Å². The van der Waals surface area contributed by atoms with E-state index in [0.717, 1.165) is 25.3 Å². The molecule has 1 aliphatic heterocycles. The number of aromatic nitrogens is 2. The molecule has 106 valence electrons. The predicted octanol–water partition coefficient (Wildman–Crippen LogP) is 2.56. The molecule has 2 heterocycles. The molecule has 1 aromatic heterocycles. The molecular weight excluding hydrogens is 250 g/mol. The zero-order valence-electron chi connectivity index (χ0n) is 11.9. The van der Waals surface area contributed by atoms with Crippen LogP contribution >= 0.6 is 0 Å². The molecule has 20 heavy (non-hydrogen) atoms. The second-order valence-corrected chi connectivity index (χ2v) is 5.22. The Bertz CT molecular complexity index is 558. The molecule has 3 rings (SSSR count). The predicted molar refractivity (Wildman–Crippen MR) is 78.9 cm³/mol. The van der Waals surface area contributed by atoms with Gasteiger partial charge in [0.2, 0.25) is 0 Å². The van der Waals surface area contributed by atoms with Gasteiger partial charge >= 0.3 is 0 Å². The molecule has 1 saturated heterocycles. The Balaban J connectivity index is 1.71. The number of rotatable bonds is 5. The second-order valence-electron chi connectivity index (χ2n) is 5.22. The van der Waals surface area contributed by atoms with Gasteiger partial charge in [0.15, 0.2) is 0 Å². The molecule has 1 unspecified atom stereocenters. The van der Waals surface area contributed by atoms with Crippen LogP contribution in [0.2, 0.25) is 0 Å². The van der Waals surface area contributed by atoms with Gasteiger partial charge in [0, 0.05) is 18.8 Å². The van der Waals surface area contributed by atoms with E-state index in [-0.39, 0.29) is 0 Å². The van der Waals surface area contributed by atoms with Crippen molar-refractivity contribution in [3.63, 3.8) is 0 Å². The highest BCUT2D eigenvalue weighted by Crippen LogP contribution is 2.24. The summed E-state index contributed by atoms with van der Waals surface area (Å²) in [6.07, 6.45) is 7.35. The lowest BCUT2D eigenvalue weighted by molar-refractivity contribution is 0.408. The summed E-state index contributed by atoms with van der Waals surface area (Å²) in [5, 5.41) is 3.53. The summed E-state index contributed by atoms with van der Waals surface area (Å²) in [4.78, 5) is 4.31. The summed E-state index contributed by atoms with van der Waals surface area (Å²) in [6, 6.07) is 8.68. The van der Waals surface area contributed by atoms with Gasteiger partial charge in [0.25, 0.3) is 0 Å². The summed E-state index contributed by atoms with van der Waals surface area (Å²) < 4.78 is 7.67. The molecule has 1 fully saturated rings. The molecule has 2 aromatic rings. The summed E-state index contributed by atoms with van der Waals surface area (Å²) in [5.74, 6) is 0.966. The third-order valence-corrected chi connectivity index (χ3v) is 3.98. The van der Waals surface area contributed by atoms with E-state index >= 15 is 0 Å². The lowest BCUT2D eigenvalue weighted by atomic mass is 10.1. The SMILES string of the molecule is COc1ccccc1CCn1cncc1C1CCCN1. The first-order chi connectivity index (χ1) is 9.88. The van der Waals surface area contributed by atoms with E-state index in [4.69, 9.17) is 4.74 Å². The van der Waals surface area contributed by atoms with Crippen molar-refractivity contribution < 1.29 is 4.74 Å². The number of aryl methyl sites for hydroxylation is 2. The van der Waals surface area contributed by atoms with Gasteiger partial charge in [-0.15, -0.1) is 0 Å². The Morgan fingerprint density at radius 2 is 2.30 bits per heavy atom. The van der Waals surface area contributed by atoms with E-state index in [1.165, 1.54) is 24.1 Å². The molecule has 0 aliphatic carbocycles. The van der Waals surface area contributed by atoms with Crippen molar-refractivity contribution in [2.75, 3.05) is 13.7 Å². The molecule has 0 saturated carbocycles. The molecule has 4 heteroatoms. The van der Waals surface area contributed by atoms with Gasteiger partial charge in [-0.2, -0.15) is 0 Å². The van der Waals surface area contributed by atoms with Crippen molar-refractivity contribution in [1.82, 2.24) is 14.9 Å². The van der Waals surface area contributed by atoms with Crippen molar-refractivity contribution in [2.45, 2.75) is 31.8 Å². The Morgan fingerprint density at radius 1 is 1.40 bits per heavy atom. The number of para-hydroxylation sites is 1. The summed E-state index contributed by atoms with van der Waals surface area (Å²) in [5.41, 5.74) is 2.55. The number of methoxy groups -OCH3 is 1. The van der Waals surface area contributed by atoms with E-state index in [0.29, 0.717) is 6.04 Å². The zero-order valence-corrected chi connectivity index (χ0v) is 11.9. The number of nitrogens with zero attached hydrogens (tertiary/aromatic N) is 2. The van der Waals surface area contributed by atoms with Gasteiger partial charge in [-0.25, -0.2) is 4.98 Å². The Hall–Kier alpha value is -1.81. The van der Waals surface area contributed by atoms with E-state index in [9.17, 15) is 0 Å². The van der Waals surface area contributed by atoms with Gasteiger partial charge in [-0.05, 0) is 37.4 Å². The first kappa shape index (κ1) is 13.2. The van der Waals surface area contributed by atoms with Crippen LogP contribution in [-0.4, -0.2) is 23.2 Å². The molecule has 0 radical (unpaired) electrons. The molecular formula is C16H21N3O. The van der Waals surface area contributed by atoms with Crippen molar-refractivity contribution in [3.8, 4) is 5.75 Å². The zero-order chi connectivity index (χ0) is 13.8. The van der Waals surface area contributed by atoms with Crippen molar-refractivity contribution in [2.24, 2.45) is 0 Å². The van der Waals surface area contributed by atoms with E-state index in [2.05, 4.69) is 27.0 Å². The molecule has 1 aliphatic rings. The molecule has 1 N–H and O–H groups in total. The van der Waals surface area contributed by atoms with E-state index in [1.54, 1.807) is 7.11 Å². The van der Waals surface area contributed by atoms with Crippen LogP contribution in [0, 0.1) is 0 Å². The first-order valence-corrected chi connectivity index (χ1v) is 7.24. The smallest absolute Gasteiger partial charge is 0.122 e. The molecule has 4 nitrogen and oxygen atoms in total. The Morgan fingerprint density at radius 3 is 3.10 bits per heavy atom. The molecule has 0 amide bonds. The summed E-state index contributed by atoms with van der Waals surface area (Å²) >= 11 is 0. The Labute approximate surface area is 119 Å². The van der Waals surface area contributed by atoms with Gasteiger partial charge in [0.05, 0.1) is 19.1 Å². The minimum Gasteiger partial charge on any atom is -0.496 e. The number of hydrogen-bond acceptors (Lipinski definition) is 3. The topological polar surface area (TPSA) is 39.1 Å². The fraction of sp³-hybridized carbons (Fsp3) is 0.438. The van der Waals surface area contributed by atoms with Gasteiger partial charge in [-0.3, -0.25) is 0 Å². The number of nitrogens with one attached hydrogen (secondary N) is 1. The Kier molecular flexibility index (Phi) is 4.02. The third kappa shape index (κ3) is 2.70. The number of imidazole rings is 1. The largest absolute Gasteiger partial charge is 0.496 e. The lowest BCUT2D eigenvalue weighted by Crippen LogP contribution is -2.17. The van der Waals surface area contributed by atoms with Gasteiger partial charge in [0.1, 0.15) is 5.75 Å². The fourth-order valence-electron chi connectivity index (χ4n) is 2.90. The monoisotopic (exact) mass is 271 g/mol. The van der Waals surface area contributed by atoms with Crippen LogP contribution in [-0.2, 0) is 13.0 Å². The number of ether oxygens (including phenoxy) is 1. The maximum absolute atomic E-state index is 5.41. The highest BCUT2D eigenvalue weighted by atomic mass is 16.5. The minimum absolute atomic E-state index is 0.468. The average Bonchev–Trinajstić information content (AvgIpc) is 3.15. The average molecular weight is 271 g/mol. The normalized spacial score (nSPS) is 18.4. The number of benzene rings is 1. The third-order valence-electron chi connectivity index (χ3n) is 3.98. The summed E-state index contributed by atoms with van der Waals surface area (Å²) in [7, 11) is 1.73. The van der Waals surface area contributed by atoms with Crippen LogP contribution in [0.15, 0.2) is 36.8 Å². The molecule has 0 spiro atoms. The van der Waals surface area contributed by atoms with Crippen molar-refractivity contribution in [1.29, 1.82) is 0 Å². The fourth-order valence-corrected chi connectivity index (χ4v) is 2.90. The van der Waals surface area contributed by atoms with Crippen LogP contribution in [0.5, 0.6) is 5.75 Å². The van der Waals surface area contributed by atoms with Crippen LogP contribution in [0.4, 0.5) is 0 Å². The molecule has 0 bridgehead atoms. The van der Waals surface area contributed by atoms with Crippen LogP contribution in [0.1, 0.15) is 30.1 Å². The van der Waals surface area contributed by atoms with Crippen molar-refractivity contribution >= 4 is 0 Å². The van der Waals surface area contributed by atoms with E-state index in [1.807, 2.05) is 24.7 Å². The van der Waals surface area contributed by atoms with Crippen LogP contribution < -0.4 is 10.1 Å². The highest BCUT2D eigenvalue weighted by molar-refractivity contribution is 5.33. The first-order valence-electron chi connectivity index (χ1n) is 7.24. The molecule has 1 aromatic carbocycles. The molecule has 1 atom stereocenters. The number of hydrogen-bond donors (Lipinski definition) is 1. The van der Waals surface area contributed by atoms with Crippen molar-refractivity contribution in [3.05, 3.63) is 48.0 Å². The standard InChI is InChI=1S/C16H21N3O/c1-20-16-7-3-2-5-13(16)8-10-19-12-17-11-15(19)14-6-4-9-18-14/h2-3,5,7,11-12,14,18H,4,6,8-10H2,1H3. The van der Waals surface area contributed by atoms with Crippen LogP contribution in [0.25, 0.3) is 0 Å². The van der Waals surface area contributed by atoms with E-state index < -0.39 is 0 Å². The lowest BCUT2D eigenvalue weighted by Gasteiger charge is -2.14. The maximum atomic E-state index is 5.41. The van der Waals surface area contributed by atoms with Gasteiger partial charge < -0.3 is 14.6 Å². The summed E-state index contributed by atoms with van der Waals surface area (Å²) in [6.45, 7) is 2.05. The highest BCUT2D eigenvalue weighted by Gasteiger charge is 2.19. The maximum Gasteiger partial charge on any atom is 0.122 e. The van der Waals surface area contributed by atoms with Gasteiger partial charge in [-0.1, -0.05) is 18.2 Å². The minimum atomic E-state index is 0.468. The quantitative estimate of drug-likeness (QED) is 0.908. The second kappa shape index (κ2) is 6.09.